The highest BCUT2D eigenvalue weighted by Crippen LogP contribution is 2.23. The van der Waals surface area contributed by atoms with Crippen molar-refractivity contribution >= 4 is 34.6 Å². The van der Waals surface area contributed by atoms with Crippen LogP contribution in [0.4, 0.5) is 5.69 Å². The van der Waals surface area contributed by atoms with E-state index in [1.54, 1.807) is 16.2 Å². The SMILES string of the molecule is Cc1cc(C(=O)CCC(=O)N2CCCC(C(=O)Nc3ccccc3)C2)c(C)s1. The first-order valence-corrected chi connectivity index (χ1v) is 10.5. The molecule has 0 bridgehead atoms. The maximum Gasteiger partial charge on any atom is 0.229 e. The Balaban J connectivity index is 1.52. The van der Waals surface area contributed by atoms with Crippen LogP contribution in [0.3, 0.4) is 0 Å². The Hall–Kier alpha value is -2.47. The van der Waals surface area contributed by atoms with Gasteiger partial charge >= 0.3 is 0 Å². The Kier molecular flexibility index (Phi) is 6.62. The molecule has 0 spiro atoms. The number of hydrogen-bond acceptors (Lipinski definition) is 4. The zero-order chi connectivity index (χ0) is 20.1. The summed E-state index contributed by atoms with van der Waals surface area (Å²) in [5.74, 6) is -0.291. The van der Waals surface area contributed by atoms with Crippen molar-refractivity contribution in [1.29, 1.82) is 0 Å². The number of aryl methyl sites for hydroxylation is 2. The van der Waals surface area contributed by atoms with Gasteiger partial charge in [-0.3, -0.25) is 14.4 Å². The van der Waals surface area contributed by atoms with Crippen LogP contribution in [0.25, 0.3) is 0 Å². The van der Waals surface area contributed by atoms with Crippen molar-refractivity contribution in [2.24, 2.45) is 5.92 Å². The van der Waals surface area contributed by atoms with Gasteiger partial charge in [0.05, 0.1) is 5.92 Å². The van der Waals surface area contributed by atoms with E-state index in [2.05, 4.69) is 5.32 Å². The Morgan fingerprint density at radius 1 is 1.14 bits per heavy atom. The van der Waals surface area contributed by atoms with Gasteiger partial charge in [-0.05, 0) is 44.9 Å². The third kappa shape index (κ3) is 5.07. The fraction of sp³-hybridized carbons (Fsp3) is 0.409. The van der Waals surface area contributed by atoms with Gasteiger partial charge in [0.1, 0.15) is 0 Å². The number of amides is 2. The molecule has 1 unspecified atom stereocenters. The number of piperidine rings is 1. The molecule has 6 heteroatoms. The zero-order valence-electron chi connectivity index (χ0n) is 16.4. The molecule has 2 heterocycles. The number of rotatable bonds is 6. The van der Waals surface area contributed by atoms with Crippen molar-refractivity contribution in [1.82, 2.24) is 4.90 Å². The molecular formula is C22H26N2O3S. The number of carbonyl (C=O) groups is 3. The average molecular weight is 399 g/mol. The molecule has 2 aromatic rings. The van der Waals surface area contributed by atoms with E-state index in [1.807, 2.05) is 50.2 Å². The largest absolute Gasteiger partial charge is 0.342 e. The molecule has 148 valence electrons. The number of para-hydroxylation sites is 1. The van der Waals surface area contributed by atoms with E-state index >= 15 is 0 Å². The lowest BCUT2D eigenvalue weighted by molar-refractivity contribution is -0.134. The van der Waals surface area contributed by atoms with Gasteiger partial charge in [0.25, 0.3) is 0 Å². The fourth-order valence-electron chi connectivity index (χ4n) is 3.60. The molecule has 5 nitrogen and oxygen atoms in total. The molecular weight excluding hydrogens is 372 g/mol. The summed E-state index contributed by atoms with van der Waals surface area (Å²) in [4.78, 5) is 41.4. The maximum absolute atomic E-state index is 12.6. The molecule has 0 aliphatic carbocycles. The van der Waals surface area contributed by atoms with Crippen molar-refractivity contribution in [2.75, 3.05) is 18.4 Å². The number of thiophene rings is 1. The summed E-state index contributed by atoms with van der Waals surface area (Å²) >= 11 is 1.60. The molecule has 1 aliphatic rings. The minimum Gasteiger partial charge on any atom is -0.342 e. The van der Waals surface area contributed by atoms with Gasteiger partial charge in [-0.25, -0.2) is 0 Å². The van der Waals surface area contributed by atoms with Crippen LogP contribution in [-0.2, 0) is 9.59 Å². The molecule has 2 amide bonds. The number of benzene rings is 1. The summed E-state index contributed by atoms with van der Waals surface area (Å²) in [6, 6.07) is 11.3. The van der Waals surface area contributed by atoms with Crippen molar-refractivity contribution in [3.63, 3.8) is 0 Å². The highest BCUT2D eigenvalue weighted by molar-refractivity contribution is 7.12. The lowest BCUT2D eigenvalue weighted by atomic mass is 9.96. The van der Waals surface area contributed by atoms with Gasteiger partial charge in [-0.2, -0.15) is 0 Å². The lowest BCUT2D eigenvalue weighted by Gasteiger charge is -2.32. The molecule has 3 rings (SSSR count). The van der Waals surface area contributed by atoms with Crippen LogP contribution in [0.1, 0.15) is 45.8 Å². The fourth-order valence-corrected chi connectivity index (χ4v) is 4.55. The first-order valence-electron chi connectivity index (χ1n) is 9.68. The summed E-state index contributed by atoms with van der Waals surface area (Å²) in [7, 11) is 0. The number of carbonyl (C=O) groups excluding carboxylic acids is 3. The third-order valence-electron chi connectivity index (χ3n) is 5.09. The molecule has 1 fully saturated rings. The molecule has 1 aromatic carbocycles. The normalized spacial score (nSPS) is 16.6. The monoisotopic (exact) mass is 398 g/mol. The molecule has 1 atom stereocenters. The molecule has 1 aromatic heterocycles. The zero-order valence-corrected chi connectivity index (χ0v) is 17.2. The van der Waals surface area contributed by atoms with Gasteiger partial charge in [-0.15, -0.1) is 11.3 Å². The van der Waals surface area contributed by atoms with Crippen LogP contribution in [0.5, 0.6) is 0 Å². The van der Waals surface area contributed by atoms with Crippen LogP contribution in [0.2, 0.25) is 0 Å². The Morgan fingerprint density at radius 2 is 1.89 bits per heavy atom. The highest BCUT2D eigenvalue weighted by atomic mass is 32.1. The van der Waals surface area contributed by atoms with Crippen molar-refractivity contribution in [2.45, 2.75) is 39.5 Å². The van der Waals surface area contributed by atoms with Gasteiger partial charge in [0.2, 0.25) is 11.8 Å². The van der Waals surface area contributed by atoms with Crippen LogP contribution < -0.4 is 5.32 Å². The number of nitrogens with one attached hydrogen (secondary N) is 1. The van der Waals surface area contributed by atoms with E-state index in [9.17, 15) is 14.4 Å². The summed E-state index contributed by atoms with van der Waals surface area (Å²) in [5.41, 5.74) is 1.50. The molecule has 28 heavy (non-hydrogen) atoms. The Bertz CT molecular complexity index is 860. The smallest absolute Gasteiger partial charge is 0.229 e. The Labute approximate surface area is 169 Å². The topological polar surface area (TPSA) is 66.5 Å². The van der Waals surface area contributed by atoms with Gasteiger partial charge in [0.15, 0.2) is 5.78 Å². The van der Waals surface area contributed by atoms with Crippen molar-refractivity contribution in [3.05, 3.63) is 51.7 Å². The van der Waals surface area contributed by atoms with E-state index in [0.29, 0.717) is 13.1 Å². The third-order valence-corrected chi connectivity index (χ3v) is 6.06. The van der Waals surface area contributed by atoms with Gasteiger partial charge in [0, 0.05) is 46.9 Å². The number of likely N-dealkylation sites (tertiary alicyclic amines) is 1. The van der Waals surface area contributed by atoms with Gasteiger partial charge in [-0.1, -0.05) is 18.2 Å². The van der Waals surface area contributed by atoms with Crippen LogP contribution in [0, 0.1) is 19.8 Å². The number of anilines is 1. The minimum atomic E-state index is -0.213. The molecule has 0 radical (unpaired) electrons. The van der Waals surface area contributed by atoms with E-state index in [4.69, 9.17) is 0 Å². The standard InChI is InChI=1S/C22H26N2O3S/c1-15-13-19(16(2)28-15)20(25)10-11-21(26)24-12-6-7-17(14-24)22(27)23-18-8-4-3-5-9-18/h3-5,8-9,13,17H,6-7,10-12,14H2,1-2H3,(H,23,27). The molecule has 1 aliphatic heterocycles. The minimum absolute atomic E-state index is 0.0191. The van der Waals surface area contributed by atoms with Crippen molar-refractivity contribution < 1.29 is 14.4 Å². The van der Waals surface area contributed by atoms with E-state index in [0.717, 1.165) is 33.8 Å². The van der Waals surface area contributed by atoms with Crippen molar-refractivity contribution in [3.8, 4) is 0 Å². The number of ketones is 1. The second-order valence-electron chi connectivity index (χ2n) is 7.28. The van der Waals surface area contributed by atoms with Gasteiger partial charge < -0.3 is 10.2 Å². The average Bonchev–Trinajstić information content (AvgIpc) is 3.05. The molecule has 0 saturated carbocycles. The van der Waals surface area contributed by atoms with Crippen LogP contribution >= 0.6 is 11.3 Å². The predicted octanol–water partition coefficient (Wildman–Crippen LogP) is 4.21. The second-order valence-corrected chi connectivity index (χ2v) is 8.74. The summed E-state index contributed by atoms with van der Waals surface area (Å²) in [6.07, 6.45) is 1.98. The first-order chi connectivity index (χ1) is 13.4. The maximum atomic E-state index is 12.6. The quantitative estimate of drug-likeness (QED) is 0.742. The second kappa shape index (κ2) is 9.15. The Morgan fingerprint density at radius 3 is 2.57 bits per heavy atom. The number of hydrogen-bond donors (Lipinski definition) is 1. The van der Waals surface area contributed by atoms with E-state index in [-0.39, 0.29) is 36.4 Å². The van der Waals surface area contributed by atoms with Crippen LogP contribution in [0.15, 0.2) is 36.4 Å². The molecule has 1 N–H and O–H groups in total. The lowest BCUT2D eigenvalue weighted by Crippen LogP contribution is -2.43. The summed E-state index contributed by atoms with van der Waals surface area (Å²) in [6.45, 7) is 4.99. The summed E-state index contributed by atoms with van der Waals surface area (Å²) in [5, 5.41) is 2.92. The summed E-state index contributed by atoms with van der Waals surface area (Å²) < 4.78 is 0. The van der Waals surface area contributed by atoms with E-state index in [1.165, 1.54) is 0 Å². The van der Waals surface area contributed by atoms with Crippen LogP contribution in [-0.4, -0.2) is 35.6 Å². The number of Topliss-reactive ketones (excluding diaryl/α,β-unsaturated/α-hetero) is 1. The van der Waals surface area contributed by atoms with E-state index < -0.39 is 0 Å². The predicted molar refractivity (Wildman–Crippen MR) is 112 cm³/mol. The number of nitrogens with zero attached hydrogens (tertiary/aromatic N) is 1. The molecule has 1 saturated heterocycles. The highest BCUT2D eigenvalue weighted by Gasteiger charge is 2.28. The first kappa shape index (κ1) is 20.3.